The molecule has 110 valence electrons. The van der Waals surface area contributed by atoms with Gasteiger partial charge < -0.3 is 19.5 Å². The van der Waals surface area contributed by atoms with Crippen LogP contribution in [0.5, 0.6) is 0 Å². The summed E-state index contributed by atoms with van der Waals surface area (Å²) in [7, 11) is 1.60. The van der Waals surface area contributed by atoms with Crippen LogP contribution in [-0.4, -0.2) is 61.4 Å². The first kappa shape index (κ1) is 15.9. The minimum absolute atomic E-state index is 0.0133. The van der Waals surface area contributed by atoms with Crippen molar-refractivity contribution in [3.63, 3.8) is 0 Å². The van der Waals surface area contributed by atoms with Gasteiger partial charge in [-0.15, -0.1) is 0 Å². The molecule has 0 aromatic heterocycles. The summed E-state index contributed by atoms with van der Waals surface area (Å²) in [5.41, 5.74) is 0. The number of amides is 1. The fourth-order valence-electron chi connectivity index (χ4n) is 2.31. The number of hydrogen-bond donors (Lipinski definition) is 1. The maximum absolute atomic E-state index is 12.2. The molecule has 2 unspecified atom stereocenters. The van der Waals surface area contributed by atoms with Crippen molar-refractivity contribution >= 4 is 11.9 Å². The molecule has 1 N–H and O–H groups in total. The van der Waals surface area contributed by atoms with Crippen molar-refractivity contribution in [2.75, 3.05) is 33.5 Å². The Morgan fingerprint density at radius 2 is 2.16 bits per heavy atom. The van der Waals surface area contributed by atoms with E-state index < -0.39 is 11.9 Å². The first-order valence-electron chi connectivity index (χ1n) is 6.70. The highest BCUT2D eigenvalue weighted by atomic mass is 16.5. The van der Waals surface area contributed by atoms with Crippen LogP contribution in [0.3, 0.4) is 0 Å². The molecule has 2 atom stereocenters. The Hall–Kier alpha value is -1.14. The van der Waals surface area contributed by atoms with Gasteiger partial charge in [-0.3, -0.25) is 9.59 Å². The largest absolute Gasteiger partial charge is 0.481 e. The van der Waals surface area contributed by atoms with Crippen LogP contribution in [0, 0.1) is 5.92 Å². The zero-order valence-corrected chi connectivity index (χ0v) is 11.6. The van der Waals surface area contributed by atoms with E-state index in [1.807, 2.05) is 6.92 Å². The summed E-state index contributed by atoms with van der Waals surface area (Å²) in [5.74, 6) is -1.52. The maximum atomic E-state index is 12.2. The highest BCUT2D eigenvalue weighted by molar-refractivity contribution is 5.78. The van der Waals surface area contributed by atoms with Crippen molar-refractivity contribution < 1.29 is 24.2 Å². The molecule has 0 spiro atoms. The van der Waals surface area contributed by atoms with Crippen LogP contribution in [0.1, 0.15) is 26.2 Å². The number of aliphatic carboxylic acids is 1. The van der Waals surface area contributed by atoms with Crippen LogP contribution in [0.15, 0.2) is 0 Å². The van der Waals surface area contributed by atoms with Crippen molar-refractivity contribution in [2.45, 2.75) is 32.2 Å². The first-order chi connectivity index (χ1) is 9.11. The number of carboxylic acid groups (broad SMARTS) is 1. The van der Waals surface area contributed by atoms with E-state index in [9.17, 15) is 9.59 Å². The number of carbonyl (C=O) groups is 2. The normalized spacial score (nSPS) is 22.4. The Bertz CT molecular complexity index is 307. The monoisotopic (exact) mass is 273 g/mol. The fraction of sp³-hybridized carbons (Fsp3) is 0.846. The summed E-state index contributed by atoms with van der Waals surface area (Å²) in [6.45, 7) is 3.58. The summed E-state index contributed by atoms with van der Waals surface area (Å²) in [6, 6.07) is -0.340. The van der Waals surface area contributed by atoms with Gasteiger partial charge in [0, 0.05) is 26.7 Å². The molecule has 6 heteroatoms. The van der Waals surface area contributed by atoms with Gasteiger partial charge in [0.2, 0.25) is 5.91 Å². The first-order valence-corrected chi connectivity index (χ1v) is 6.70. The van der Waals surface area contributed by atoms with E-state index in [1.54, 1.807) is 12.0 Å². The smallest absolute Gasteiger partial charge is 0.311 e. The Morgan fingerprint density at radius 3 is 2.74 bits per heavy atom. The van der Waals surface area contributed by atoms with Gasteiger partial charge in [0.25, 0.3) is 0 Å². The van der Waals surface area contributed by atoms with Gasteiger partial charge >= 0.3 is 5.97 Å². The zero-order valence-electron chi connectivity index (χ0n) is 11.6. The highest BCUT2D eigenvalue weighted by Gasteiger charge is 2.39. The lowest BCUT2D eigenvalue weighted by molar-refractivity contribution is -0.145. The summed E-state index contributed by atoms with van der Waals surface area (Å²) in [5, 5.41) is 9.16. The molecule has 0 aliphatic carbocycles. The zero-order chi connectivity index (χ0) is 14.3. The van der Waals surface area contributed by atoms with E-state index in [-0.39, 0.29) is 18.6 Å². The minimum atomic E-state index is -0.895. The molecule has 1 fully saturated rings. The van der Waals surface area contributed by atoms with Crippen molar-refractivity contribution in [1.29, 1.82) is 0 Å². The third kappa shape index (κ3) is 4.47. The van der Waals surface area contributed by atoms with Crippen molar-refractivity contribution in [3.8, 4) is 0 Å². The molecule has 0 saturated carbocycles. The summed E-state index contributed by atoms with van der Waals surface area (Å²) in [4.78, 5) is 25.0. The van der Waals surface area contributed by atoms with Crippen LogP contribution in [0.4, 0.5) is 0 Å². The number of nitrogens with zero attached hydrogens (tertiary/aromatic N) is 1. The molecule has 1 aliphatic heterocycles. The third-order valence-electron chi connectivity index (χ3n) is 3.29. The molecule has 1 saturated heterocycles. The molecule has 1 amide bonds. The number of ether oxygens (including phenoxy) is 2. The molecule has 0 radical (unpaired) electrons. The lowest BCUT2D eigenvalue weighted by Crippen LogP contribution is -2.47. The minimum Gasteiger partial charge on any atom is -0.481 e. The lowest BCUT2D eigenvalue weighted by Gasteiger charge is -2.30. The van der Waals surface area contributed by atoms with E-state index in [4.69, 9.17) is 14.6 Å². The summed E-state index contributed by atoms with van der Waals surface area (Å²) < 4.78 is 10.2. The molecular weight excluding hydrogens is 250 g/mol. The van der Waals surface area contributed by atoms with E-state index in [0.717, 1.165) is 6.42 Å². The van der Waals surface area contributed by atoms with E-state index in [0.29, 0.717) is 32.6 Å². The Morgan fingerprint density at radius 1 is 1.42 bits per heavy atom. The maximum Gasteiger partial charge on any atom is 0.311 e. The van der Waals surface area contributed by atoms with Crippen LogP contribution in [0.2, 0.25) is 0 Å². The van der Waals surface area contributed by atoms with E-state index in [2.05, 4.69) is 0 Å². The quantitative estimate of drug-likeness (QED) is 0.660. The van der Waals surface area contributed by atoms with Crippen molar-refractivity contribution in [2.24, 2.45) is 5.92 Å². The lowest BCUT2D eigenvalue weighted by atomic mass is 10.0. The number of carbonyl (C=O) groups excluding carboxylic acids is 1. The van der Waals surface area contributed by atoms with Gasteiger partial charge in [-0.1, -0.05) is 6.92 Å². The summed E-state index contributed by atoms with van der Waals surface area (Å²) in [6.07, 6.45) is 1.84. The standard InChI is InChI=1S/C13H23NO5/c1-3-6-14(12(15)5-4-7-18-2)11-9-19-8-10(11)13(16)17/h10-11H,3-9H2,1-2H3,(H,16,17). The van der Waals surface area contributed by atoms with Crippen molar-refractivity contribution in [3.05, 3.63) is 0 Å². The molecule has 0 aromatic carbocycles. The van der Waals surface area contributed by atoms with Gasteiger partial charge in [0.15, 0.2) is 0 Å². The average Bonchev–Trinajstić information content (AvgIpc) is 2.85. The average molecular weight is 273 g/mol. The molecule has 0 aromatic rings. The van der Waals surface area contributed by atoms with Gasteiger partial charge in [0.1, 0.15) is 5.92 Å². The molecule has 6 nitrogen and oxygen atoms in total. The molecule has 19 heavy (non-hydrogen) atoms. The molecule has 0 bridgehead atoms. The Labute approximate surface area is 113 Å². The number of methoxy groups -OCH3 is 1. The topological polar surface area (TPSA) is 76.1 Å². The summed E-state index contributed by atoms with van der Waals surface area (Å²) >= 11 is 0. The predicted molar refractivity (Wildman–Crippen MR) is 68.8 cm³/mol. The van der Waals surface area contributed by atoms with Gasteiger partial charge in [0.05, 0.1) is 19.3 Å². The predicted octanol–water partition coefficient (Wildman–Crippen LogP) is 0.751. The van der Waals surface area contributed by atoms with Gasteiger partial charge in [-0.05, 0) is 12.8 Å². The van der Waals surface area contributed by atoms with Crippen molar-refractivity contribution in [1.82, 2.24) is 4.90 Å². The number of hydrogen-bond acceptors (Lipinski definition) is 4. The Kier molecular flexibility index (Phi) is 6.80. The van der Waals surface area contributed by atoms with Crippen LogP contribution in [0.25, 0.3) is 0 Å². The second-order valence-corrected chi connectivity index (χ2v) is 4.73. The fourth-order valence-corrected chi connectivity index (χ4v) is 2.31. The Balaban J connectivity index is 2.64. The number of rotatable bonds is 8. The van der Waals surface area contributed by atoms with Crippen LogP contribution < -0.4 is 0 Å². The SMILES string of the molecule is CCCN(C(=O)CCCOC)C1COCC1C(=O)O. The van der Waals surface area contributed by atoms with Gasteiger partial charge in [-0.2, -0.15) is 0 Å². The molecular formula is C13H23NO5. The third-order valence-corrected chi connectivity index (χ3v) is 3.29. The molecule has 1 heterocycles. The molecule has 1 rings (SSSR count). The highest BCUT2D eigenvalue weighted by Crippen LogP contribution is 2.21. The second-order valence-electron chi connectivity index (χ2n) is 4.73. The van der Waals surface area contributed by atoms with E-state index in [1.165, 1.54) is 0 Å². The second kappa shape index (κ2) is 8.12. The van der Waals surface area contributed by atoms with Crippen LogP contribution in [-0.2, 0) is 19.1 Å². The number of carboxylic acids is 1. The van der Waals surface area contributed by atoms with Crippen LogP contribution >= 0.6 is 0 Å². The van der Waals surface area contributed by atoms with E-state index >= 15 is 0 Å². The molecule has 1 aliphatic rings. The van der Waals surface area contributed by atoms with Gasteiger partial charge in [-0.25, -0.2) is 0 Å².